The lowest BCUT2D eigenvalue weighted by Crippen LogP contribution is -2.49. The van der Waals surface area contributed by atoms with E-state index >= 15 is 0 Å². The van der Waals surface area contributed by atoms with Gasteiger partial charge >= 0.3 is 0 Å². The first-order chi connectivity index (χ1) is 9.48. The molecule has 6 heteroatoms. The highest BCUT2D eigenvalue weighted by molar-refractivity contribution is 8.02. The van der Waals surface area contributed by atoms with Crippen LogP contribution in [0.1, 0.15) is 18.4 Å². The molecule has 0 bridgehead atoms. The smallest absolute Gasteiger partial charge is 0.0891 e. The molecule has 2 rings (SSSR count). The number of benzene rings is 1. The van der Waals surface area contributed by atoms with Crippen LogP contribution in [0.25, 0.3) is 0 Å². The third kappa shape index (κ3) is 3.42. The van der Waals surface area contributed by atoms with E-state index in [1.54, 1.807) is 11.8 Å². The Morgan fingerprint density at radius 1 is 1.35 bits per heavy atom. The number of hydrogen-bond acceptors (Lipinski definition) is 3. The predicted molar refractivity (Wildman–Crippen MR) is 94.0 cm³/mol. The first kappa shape index (κ1) is 16.4. The third-order valence-electron chi connectivity index (χ3n) is 3.95. The number of nitrogens with two attached hydrogens (primary N) is 1. The van der Waals surface area contributed by atoms with Crippen molar-refractivity contribution in [1.82, 2.24) is 4.90 Å². The van der Waals surface area contributed by atoms with E-state index in [0.717, 1.165) is 48.1 Å². The lowest BCUT2D eigenvalue weighted by atomic mass is 9.95. The van der Waals surface area contributed by atoms with Crippen LogP contribution in [0.3, 0.4) is 0 Å². The molecule has 0 aliphatic carbocycles. The molecule has 1 aliphatic heterocycles. The maximum atomic E-state index is 6.23. The zero-order valence-corrected chi connectivity index (χ0v) is 14.5. The Morgan fingerprint density at radius 2 is 1.90 bits per heavy atom. The van der Waals surface area contributed by atoms with Gasteiger partial charge in [-0.15, -0.1) is 0 Å². The van der Waals surface area contributed by atoms with E-state index in [1.165, 1.54) is 0 Å². The SMILES string of the molecule is CSC1(C(N)=S)CCN(Cc2c(Cl)cccc2Cl)CC1. The second-order valence-corrected chi connectivity index (χ2v) is 7.48. The fourth-order valence-electron chi connectivity index (χ4n) is 2.53. The van der Waals surface area contributed by atoms with Gasteiger partial charge in [-0.25, -0.2) is 0 Å². The largest absolute Gasteiger partial charge is 0.392 e. The summed E-state index contributed by atoms with van der Waals surface area (Å²) in [6.45, 7) is 2.69. The average molecular weight is 349 g/mol. The van der Waals surface area contributed by atoms with Gasteiger partial charge in [-0.2, -0.15) is 11.8 Å². The Hall–Kier alpha value is -0.000000000000000111. The van der Waals surface area contributed by atoms with Crippen LogP contribution in [0.4, 0.5) is 0 Å². The van der Waals surface area contributed by atoms with Crippen molar-refractivity contribution in [2.75, 3.05) is 19.3 Å². The van der Waals surface area contributed by atoms with E-state index in [2.05, 4.69) is 11.2 Å². The molecule has 1 heterocycles. The standard InChI is InChI=1S/C14H18Cl2N2S2/c1-20-14(13(17)19)5-7-18(8-6-14)9-10-11(15)3-2-4-12(10)16/h2-4H,5-9H2,1H3,(H2,17,19). The highest BCUT2D eigenvalue weighted by Crippen LogP contribution is 2.36. The Bertz CT molecular complexity index is 480. The molecule has 1 saturated heterocycles. The van der Waals surface area contributed by atoms with Crippen LogP contribution in [0.15, 0.2) is 18.2 Å². The summed E-state index contributed by atoms with van der Waals surface area (Å²) in [5, 5.41) is 1.46. The summed E-state index contributed by atoms with van der Waals surface area (Å²) >= 11 is 19.5. The Balaban J connectivity index is 2.03. The van der Waals surface area contributed by atoms with Gasteiger partial charge in [0.15, 0.2) is 0 Å². The monoisotopic (exact) mass is 348 g/mol. The number of likely N-dealkylation sites (tertiary alicyclic amines) is 1. The number of rotatable bonds is 4. The number of halogens is 2. The van der Waals surface area contributed by atoms with Crippen molar-refractivity contribution < 1.29 is 0 Å². The van der Waals surface area contributed by atoms with Gasteiger partial charge in [-0.1, -0.05) is 41.5 Å². The van der Waals surface area contributed by atoms with Crippen LogP contribution in [0, 0.1) is 0 Å². The second kappa shape index (κ2) is 6.84. The van der Waals surface area contributed by atoms with Gasteiger partial charge in [-0.3, -0.25) is 4.90 Å². The summed E-state index contributed by atoms with van der Waals surface area (Å²) in [6.07, 6.45) is 4.04. The summed E-state index contributed by atoms with van der Waals surface area (Å²) in [5.74, 6) is 0. The zero-order valence-electron chi connectivity index (χ0n) is 11.4. The normalized spacial score (nSPS) is 18.9. The predicted octanol–water partition coefficient (Wildman–Crippen LogP) is 3.98. The van der Waals surface area contributed by atoms with Gasteiger partial charge in [0.25, 0.3) is 0 Å². The van der Waals surface area contributed by atoms with Crippen molar-refractivity contribution in [2.45, 2.75) is 24.1 Å². The van der Waals surface area contributed by atoms with Gasteiger partial charge in [-0.05, 0) is 31.2 Å². The highest BCUT2D eigenvalue weighted by Gasteiger charge is 2.36. The summed E-state index contributed by atoms with van der Waals surface area (Å²) in [4.78, 5) is 2.99. The van der Waals surface area contributed by atoms with Crippen molar-refractivity contribution >= 4 is 52.2 Å². The van der Waals surface area contributed by atoms with Crippen LogP contribution in [-0.2, 0) is 6.54 Å². The molecule has 1 aliphatic rings. The number of thioether (sulfide) groups is 1. The van der Waals surface area contributed by atoms with E-state index in [4.69, 9.17) is 41.2 Å². The molecule has 1 aromatic rings. The van der Waals surface area contributed by atoms with Gasteiger partial charge < -0.3 is 5.73 Å². The molecular weight excluding hydrogens is 331 g/mol. The van der Waals surface area contributed by atoms with E-state index < -0.39 is 0 Å². The number of hydrogen-bond donors (Lipinski definition) is 1. The number of thiocarbonyl (C=S) groups is 1. The minimum atomic E-state index is -0.0455. The van der Waals surface area contributed by atoms with E-state index in [0.29, 0.717) is 4.99 Å². The fourth-order valence-corrected chi connectivity index (χ4v) is 4.29. The van der Waals surface area contributed by atoms with E-state index in [9.17, 15) is 0 Å². The minimum absolute atomic E-state index is 0.0455. The Morgan fingerprint density at radius 3 is 2.35 bits per heavy atom. The maximum Gasteiger partial charge on any atom is 0.0891 e. The van der Waals surface area contributed by atoms with Crippen LogP contribution in [-0.4, -0.2) is 34.0 Å². The zero-order chi connectivity index (χ0) is 14.8. The first-order valence-corrected chi connectivity index (χ1v) is 8.88. The minimum Gasteiger partial charge on any atom is -0.392 e. The molecule has 0 atom stereocenters. The lowest BCUT2D eigenvalue weighted by Gasteiger charge is -2.40. The van der Waals surface area contributed by atoms with E-state index in [-0.39, 0.29) is 4.75 Å². The summed E-state index contributed by atoms with van der Waals surface area (Å²) in [5.41, 5.74) is 6.91. The molecule has 2 nitrogen and oxygen atoms in total. The number of piperidine rings is 1. The van der Waals surface area contributed by atoms with Crippen LogP contribution < -0.4 is 5.73 Å². The molecule has 0 spiro atoms. The Kier molecular flexibility index (Phi) is 5.60. The summed E-state index contributed by atoms with van der Waals surface area (Å²) in [7, 11) is 0. The molecule has 0 saturated carbocycles. The maximum absolute atomic E-state index is 6.23. The third-order valence-corrected chi connectivity index (χ3v) is 6.58. The Labute approximate surface area is 140 Å². The van der Waals surface area contributed by atoms with Crippen molar-refractivity contribution in [3.8, 4) is 0 Å². The van der Waals surface area contributed by atoms with E-state index in [1.807, 2.05) is 18.2 Å². The fraction of sp³-hybridized carbons (Fsp3) is 0.500. The summed E-state index contributed by atoms with van der Waals surface area (Å²) in [6, 6.07) is 5.64. The molecule has 110 valence electrons. The van der Waals surface area contributed by atoms with Crippen molar-refractivity contribution in [2.24, 2.45) is 5.73 Å². The van der Waals surface area contributed by atoms with Gasteiger partial charge in [0, 0.05) is 35.2 Å². The number of nitrogens with zero attached hydrogens (tertiary/aromatic N) is 1. The van der Waals surface area contributed by atoms with Crippen LogP contribution >= 0.6 is 47.2 Å². The molecule has 2 N–H and O–H groups in total. The quantitative estimate of drug-likeness (QED) is 0.833. The molecule has 0 unspecified atom stereocenters. The average Bonchev–Trinajstić information content (AvgIpc) is 2.43. The van der Waals surface area contributed by atoms with Crippen LogP contribution in [0.2, 0.25) is 10.0 Å². The van der Waals surface area contributed by atoms with Crippen molar-refractivity contribution in [3.63, 3.8) is 0 Å². The van der Waals surface area contributed by atoms with Gasteiger partial charge in [0.2, 0.25) is 0 Å². The molecule has 1 fully saturated rings. The molecule has 0 radical (unpaired) electrons. The highest BCUT2D eigenvalue weighted by atomic mass is 35.5. The molecular formula is C14H18Cl2N2S2. The molecule has 0 amide bonds. The second-order valence-electron chi connectivity index (χ2n) is 5.04. The molecule has 20 heavy (non-hydrogen) atoms. The molecule has 1 aromatic carbocycles. The topological polar surface area (TPSA) is 29.3 Å². The first-order valence-electron chi connectivity index (χ1n) is 6.49. The lowest BCUT2D eigenvalue weighted by molar-refractivity contribution is 0.212. The van der Waals surface area contributed by atoms with Crippen LogP contribution in [0.5, 0.6) is 0 Å². The van der Waals surface area contributed by atoms with Crippen molar-refractivity contribution in [1.29, 1.82) is 0 Å². The summed E-state index contributed by atoms with van der Waals surface area (Å²) < 4.78 is -0.0455. The van der Waals surface area contributed by atoms with Gasteiger partial charge in [0.1, 0.15) is 0 Å². The van der Waals surface area contributed by atoms with Crippen molar-refractivity contribution in [3.05, 3.63) is 33.8 Å². The molecule has 0 aromatic heterocycles. The van der Waals surface area contributed by atoms with Gasteiger partial charge in [0.05, 0.1) is 9.74 Å².